The van der Waals surface area contributed by atoms with Gasteiger partial charge < -0.3 is 10.1 Å². The number of aliphatic imine (C=N–C) groups is 1. The van der Waals surface area contributed by atoms with Crippen LogP contribution in [0.5, 0.6) is 0 Å². The number of nitrogens with zero attached hydrogens (tertiary/aromatic N) is 1. The van der Waals surface area contributed by atoms with Crippen molar-refractivity contribution in [3.63, 3.8) is 0 Å². The quantitative estimate of drug-likeness (QED) is 0.344. The molecule has 1 amide bonds. The van der Waals surface area contributed by atoms with Crippen molar-refractivity contribution >= 4 is 29.2 Å². The highest BCUT2D eigenvalue weighted by Crippen LogP contribution is 2.36. The molecule has 1 aliphatic heterocycles. The van der Waals surface area contributed by atoms with Gasteiger partial charge in [-0.3, -0.25) is 14.9 Å². The maximum absolute atomic E-state index is 13.1. The number of unbranched alkanes of at least 4 members (excludes halogenated alkanes) is 1. The van der Waals surface area contributed by atoms with Crippen molar-refractivity contribution in [2.75, 3.05) is 11.9 Å². The number of hydrogen-bond donors (Lipinski definition) is 2. The first-order chi connectivity index (χ1) is 13.6. The molecular weight excluding hydrogens is 354 g/mol. The highest BCUT2D eigenvalue weighted by molar-refractivity contribution is 6.13. The van der Waals surface area contributed by atoms with E-state index in [1.807, 2.05) is 67.6 Å². The van der Waals surface area contributed by atoms with E-state index in [9.17, 15) is 9.59 Å². The number of amides is 1. The zero-order chi connectivity index (χ0) is 19.8. The Morgan fingerprint density at radius 3 is 2.39 bits per heavy atom. The number of hydrogen-bond acceptors (Lipinski definition) is 4. The summed E-state index contributed by atoms with van der Waals surface area (Å²) in [5, 5.41) is 5.97. The molecule has 0 aliphatic carbocycles. The number of carbonyl (C=O) groups excluding carboxylic acids is 2. The van der Waals surface area contributed by atoms with Gasteiger partial charge in [0.2, 0.25) is 11.9 Å². The molecule has 2 aromatic carbocycles. The SMILES string of the molecule is CCCC[C@@]1(C(=O)NC(=Nc2ccccc2)Nc2ccccc2)CCOC1=O. The highest BCUT2D eigenvalue weighted by Gasteiger charge is 2.50. The minimum absolute atomic E-state index is 0.271. The molecule has 6 heteroatoms. The summed E-state index contributed by atoms with van der Waals surface area (Å²) < 4.78 is 5.15. The van der Waals surface area contributed by atoms with Crippen LogP contribution in [0, 0.1) is 5.41 Å². The monoisotopic (exact) mass is 379 g/mol. The van der Waals surface area contributed by atoms with Crippen molar-refractivity contribution < 1.29 is 14.3 Å². The van der Waals surface area contributed by atoms with Crippen LogP contribution in [0.4, 0.5) is 11.4 Å². The normalized spacial score (nSPS) is 19.2. The van der Waals surface area contributed by atoms with Crippen molar-refractivity contribution in [1.82, 2.24) is 5.32 Å². The van der Waals surface area contributed by atoms with Crippen molar-refractivity contribution in [2.24, 2.45) is 10.4 Å². The molecule has 1 heterocycles. The molecular formula is C22H25N3O3. The van der Waals surface area contributed by atoms with Crippen LogP contribution in [0.25, 0.3) is 0 Å². The molecule has 6 nitrogen and oxygen atoms in total. The Balaban J connectivity index is 1.86. The molecule has 1 fully saturated rings. The van der Waals surface area contributed by atoms with Crippen LogP contribution in [0.15, 0.2) is 65.7 Å². The summed E-state index contributed by atoms with van der Waals surface area (Å²) in [7, 11) is 0. The average Bonchev–Trinajstić information content (AvgIpc) is 3.09. The number of rotatable bonds is 6. The molecule has 1 atom stereocenters. The zero-order valence-corrected chi connectivity index (χ0v) is 16.0. The lowest BCUT2D eigenvalue weighted by Gasteiger charge is -2.24. The van der Waals surface area contributed by atoms with Gasteiger partial charge in [-0.25, -0.2) is 4.99 Å². The lowest BCUT2D eigenvalue weighted by Crippen LogP contribution is -2.48. The molecule has 1 aliphatic rings. The second-order valence-corrected chi connectivity index (χ2v) is 6.81. The molecule has 28 heavy (non-hydrogen) atoms. The van der Waals surface area contributed by atoms with Gasteiger partial charge in [-0.15, -0.1) is 0 Å². The lowest BCUT2D eigenvalue weighted by atomic mass is 9.80. The predicted octanol–water partition coefficient (Wildman–Crippen LogP) is 4.03. The van der Waals surface area contributed by atoms with E-state index in [1.54, 1.807) is 0 Å². The molecule has 1 saturated heterocycles. The minimum atomic E-state index is -1.15. The molecule has 2 N–H and O–H groups in total. The summed E-state index contributed by atoms with van der Waals surface area (Å²) in [6, 6.07) is 18.8. The van der Waals surface area contributed by atoms with Gasteiger partial charge in [0.1, 0.15) is 5.41 Å². The number of ether oxygens (including phenoxy) is 1. The second-order valence-electron chi connectivity index (χ2n) is 6.81. The molecule has 3 rings (SSSR count). The van der Waals surface area contributed by atoms with Crippen molar-refractivity contribution in [3.8, 4) is 0 Å². The second kappa shape index (κ2) is 9.17. The maximum atomic E-state index is 13.1. The topological polar surface area (TPSA) is 79.8 Å². The molecule has 0 spiro atoms. The van der Waals surface area contributed by atoms with Crippen molar-refractivity contribution in [2.45, 2.75) is 32.6 Å². The minimum Gasteiger partial charge on any atom is -0.465 e. The number of cyclic esters (lactones) is 1. The fraction of sp³-hybridized carbons (Fsp3) is 0.318. The number of para-hydroxylation sites is 2. The average molecular weight is 379 g/mol. The first kappa shape index (κ1) is 19.6. The smallest absolute Gasteiger partial charge is 0.321 e. The number of guanidine groups is 1. The van der Waals surface area contributed by atoms with E-state index >= 15 is 0 Å². The fourth-order valence-electron chi connectivity index (χ4n) is 3.19. The van der Waals surface area contributed by atoms with Crippen LogP contribution < -0.4 is 10.6 Å². The van der Waals surface area contributed by atoms with E-state index in [4.69, 9.17) is 4.74 Å². The van der Waals surface area contributed by atoms with Gasteiger partial charge in [-0.05, 0) is 30.7 Å². The van der Waals surface area contributed by atoms with Crippen LogP contribution >= 0.6 is 0 Å². The Hall–Kier alpha value is -3.15. The maximum Gasteiger partial charge on any atom is 0.321 e. The summed E-state index contributed by atoms with van der Waals surface area (Å²) in [6.45, 7) is 2.30. The summed E-state index contributed by atoms with van der Waals surface area (Å²) in [5.74, 6) is -0.545. The lowest BCUT2D eigenvalue weighted by molar-refractivity contribution is -0.152. The van der Waals surface area contributed by atoms with E-state index in [1.165, 1.54) is 0 Å². The Morgan fingerprint density at radius 2 is 1.79 bits per heavy atom. The van der Waals surface area contributed by atoms with Crippen LogP contribution in [0.3, 0.4) is 0 Å². The summed E-state index contributed by atoms with van der Waals surface area (Å²) in [6.07, 6.45) is 2.54. The third kappa shape index (κ3) is 4.57. The van der Waals surface area contributed by atoms with Gasteiger partial charge in [0.05, 0.1) is 12.3 Å². The van der Waals surface area contributed by atoms with E-state index in [-0.39, 0.29) is 18.5 Å². The first-order valence-electron chi connectivity index (χ1n) is 9.58. The number of esters is 1. The van der Waals surface area contributed by atoms with Crippen LogP contribution in [-0.2, 0) is 14.3 Å². The predicted molar refractivity (Wildman–Crippen MR) is 109 cm³/mol. The molecule has 0 radical (unpaired) electrons. The van der Waals surface area contributed by atoms with E-state index < -0.39 is 11.4 Å². The van der Waals surface area contributed by atoms with E-state index in [2.05, 4.69) is 15.6 Å². The largest absolute Gasteiger partial charge is 0.465 e. The first-order valence-corrected chi connectivity index (χ1v) is 9.58. The van der Waals surface area contributed by atoms with Crippen LogP contribution in [-0.4, -0.2) is 24.4 Å². The Labute approximate surface area is 165 Å². The Kier molecular flexibility index (Phi) is 6.42. The molecule has 146 valence electrons. The molecule has 0 aromatic heterocycles. The van der Waals surface area contributed by atoms with Crippen molar-refractivity contribution in [1.29, 1.82) is 0 Å². The van der Waals surface area contributed by atoms with E-state index in [0.717, 1.165) is 18.5 Å². The Morgan fingerprint density at radius 1 is 1.11 bits per heavy atom. The zero-order valence-electron chi connectivity index (χ0n) is 16.0. The number of benzene rings is 2. The molecule has 0 saturated carbocycles. The fourth-order valence-corrected chi connectivity index (χ4v) is 3.19. The van der Waals surface area contributed by atoms with Gasteiger partial charge >= 0.3 is 5.97 Å². The van der Waals surface area contributed by atoms with Gasteiger partial charge in [0.15, 0.2) is 0 Å². The number of nitrogens with one attached hydrogen (secondary N) is 2. The van der Waals surface area contributed by atoms with Gasteiger partial charge in [0, 0.05) is 12.1 Å². The van der Waals surface area contributed by atoms with E-state index in [0.29, 0.717) is 18.5 Å². The summed E-state index contributed by atoms with van der Waals surface area (Å²) in [4.78, 5) is 30.1. The van der Waals surface area contributed by atoms with Crippen molar-refractivity contribution in [3.05, 3.63) is 60.7 Å². The summed E-state index contributed by atoms with van der Waals surface area (Å²) >= 11 is 0. The van der Waals surface area contributed by atoms with Crippen LogP contribution in [0.1, 0.15) is 32.6 Å². The highest BCUT2D eigenvalue weighted by atomic mass is 16.5. The summed E-state index contributed by atoms with van der Waals surface area (Å²) in [5.41, 5.74) is 0.332. The van der Waals surface area contributed by atoms with Gasteiger partial charge in [-0.1, -0.05) is 56.2 Å². The van der Waals surface area contributed by atoms with Gasteiger partial charge in [-0.2, -0.15) is 0 Å². The number of carbonyl (C=O) groups is 2. The third-order valence-electron chi connectivity index (χ3n) is 4.81. The molecule has 2 aromatic rings. The standard InChI is InChI=1S/C22H25N3O3/c1-2-3-14-22(15-16-28-20(22)27)19(26)25-21(23-17-10-6-4-7-11-17)24-18-12-8-5-9-13-18/h4-13H,2-3,14-16H2,1H3,(H2,23,24,25,26)/t22-/m0/s1. The molecule has 0 unspecified atom stereocenters. The van der Waals surface area contributed by atoms with Crippen LogP contribution in [0.2, 0.25) is 0 Å². The number of anilines is 1. The Bertz CT molecular complexity index is 837. The third-order valence-corrected chi connectivity index (χ3v) is 4.81. The molecule has 0 bridgehead atoms. The van der Waals surface area contributed by atoms with Gasteiger partial charge in [0.25, 0.3) is 0 Å².